The van der Waals surface area contributed by atoms with Crippen molar-refractivity contribution in [1.82, 2.24) is 4.90 Å². The molecule has 5 heteroatoms. The monoisotopic (exact) mass is 519 g/mol. The standard InChI is InChI=1S/C34H33NO4/c1-23-12-6-4-2-3-5-7-15-25(32(29-18-10-20-38-29)30-19-11-21-39-30)28(22-23)35-33(36)26-16-8-13-24-14-9-17-27(31(24)26)34(35)37/h8-11,13-14,16-21,32H,1-7,12,15,22H2/b28-25-. The molecule has 0 fully saturated rings. The van der Waals surface area contributed by atoms with Crippen LogP contribution in [0, 0.1) is 0 Å². The van der Waals surface area contributed by atoms with Crippen molar-refractivity contribution in [2.75, 3.05) is 0 Å². The number of nitrogens with zero attached hydrogens (tertiary/aromatic N) is 1. The van der Waals surface area contributed by atoms with Crippen LogP contribution in [0.15, 0.2) is 105 Å². The first-order chi connectivity index (χ1) is 19.1. The Labute approximate surface area is 228 Å². The predicted octanol–water partition coefficient (Wildman–Crippen LogP) is 8.79. The van der Waals surface area contributed by atoms with E-state index in [1.54, 1.807) is 12.5 Å². The van der Waals surface area contributed by atoms with Crippen LogP contribution in [0.2, 0.25) is 0 Å². The molecule has 0 unspecified atom stereocenters. The molecule has 4 aromatic rings. The number of benzene rings is 2. The maximum absolute atomic E-state index is 14.2. The molecule has 2 aromatic heterocycles. The molecular weight excluding hydrogens is 486 g/mol. The molecule has 1 aliphatic heterocycles. The van der Waals surface area contributed by atoms with Gasteiger partial charge in [0.2, 0.25) is 0 Å². The second-order valence-electron chi connectivity index (χ2n) is 10.6. The lowest BCUT2D eigenvalue weighted by atomic mass is 9.84. The van der Waals surface area contributed by atoms with Crippen molar-refractivity contribution in [3.05, 3.63) is 119 Å². The molecule has 2 aliphatic rings. The number of rotatable bonds is 4. The van der Waals surface area contributed by atoms with Gasteiger partial charge < -0.3 is 8.83 Å². The van der Waals surface area contributed by atoms with Gasteiger partial charge in [0.1, 0.15) is 11.5 Å². The highest BCUT2D eigenvalue weighted by molar-refractivity contribution is 6.26. The van der Waals surface area contributed by atoms with Crippen LogP contribution in [0.5, 0.6) is 0 Å². The summed E-state index contributed by atoms with van der Waals surface area (Å²) >= 11 is 0. The molecule has 0 spiro atoms. The molecule has 0 N–H and O–H groups in total. The molecule has 198 valence electrons. The quantitative estimate of drug-likeness (QED) is 0.200. The Hall–Kier alpha value is -4.12. The smallest absolute Gasteiger partial charge is 0.265 e. The molecule has 6 rings (SSSR count). The van der Waals surface area contributed by atoms with Crippen molar-refractivity contribution in [1.29, 1.82) is 0 Å². The number of carbonyl (C=O) groups excluding carboxylic acids is 2. The fourth-order valence-corrected chi connectivity index (χ4v) is 6.18. The van der Waals surface area contributed by atoms with E-state index < -0.39 is 0 Å². The Morgan fingerprint density at radius 3 is 1.82 bits per heavy atom. The summed E-state index contributed by atoms with van der Waals surface area (Å²) in [6, 6.07) is 19.0. The second-order valence-corrected chi connectivity index (χ2v) is 10.6. The molecule has 3 heterocycles. The summed E-state index contributed by atoms with van der Waals surface area (Å²) in [6.07, 6.45) is 12.0. The number of amides is 2. The Morgan fingerprint density at radius 2 is 1.26 bits per heavy atom. The highest BCUT2D eigenvalue weighted by atomic mass is 16.3. The Balaban J connectivity index is 1.58. The van der Waals surface area contributed by atoms with Gasteiger partial charge in [0.15, 0.2) is 0 Å². The highest BCUT2D eigenvalue weighted by Gasteiger charge is 2.38. The summed E-state index contributed by atoms with van der Waals surface area (Å²) in [5.41, 5.74) is 3.82. The van der Waals surface area contributed by atoms with Gasteiger partial charge in [-0.25, -0.2) is 4.90 Å². The average molecular weight is 520 g/mol. The van der Waals surface area contributed by atoms with Crippen LogP contribution in [-0.4, -0.2) is 16.7 Å². The van der Waals surface area contributed by atoms with Crippen LogP contribution in [0.4, 0.5) is 0 Å². The van der Waals surface area contributed by atoms with E-state index in [-0.39, 0.29) is 17.7 Å². The topological polar surface area (TPSA) is 63.7 Å². The number of carbonyl (C=O) groups is 2. The molecule has 39 heavy (non-hydrogen) atoms. The van der Waals surface area contributed by atoms with Gasteiger partial charge in [0, 0.05) is 28.6 Å². The zero-order chi connectivity index (χ0) is 26.8. The van der Waals surface area contributed by atoms with Crippen molar-refractivity contribution in [3.8, 4) is 0 Å². The second kappa shape index (κ2) is 10.9. The first-order valence-corrected chi connectivity index (χ1v) is 14.0. The van der Waals surface area contributed by atoms with Crippen LogP contribution in [0.1, 0.15) is 95.9 Å². The van der Waals surface area contributed by atoms with Gasteiger partial charge >= 0.3 is 0 Å². The molecule has 5 nitrogen and oxygen atoms in total. The number of imide groups is 1. The van der Waals surface area contributed by atoms with Crippen LogP contribution in [0.3, 0.4) is 0 Å². The third-order valence-electron chi connectivity index (χ3n) is 8.06. The van der Waals surface area contributed by atoms with Crippen LogP contribution in [-0.2, 0) is 0 Å². The number of allylic oxidation sites excluding steroid dienone is 2. The van der Waals surface area contributed by atoms with E-state index in [2.05, 4.69) is 6.58 Å². The van der Waals surface area contributed by atoms with Gasteiger partial charge in [-0.05, 0) is 73.0 Å². The average Bonchev–Trinajstić information content (AvgIpc) is 3.67. The first-order valence-electron chi connectivity index (χ1n) is 14.0. The molecule has 0 radical (unpaired) electrons. The van der Waals surface area contributed by atoms with Crippen molar-refractivity contribution in [2.24, 2.45) is 0 Å². The number of hydrogen-bond donors (Lipinski definition) is 0. The van der Waals surface area contributed by atoms with Gasteiger partial charge in [-0.1, -0.05) is 62.1 Å². The Morgan fingerprint density at radius 1 is 0.692 bits per heavy atom. The zero-order valence-corrected chi connectivity index (χ0v) is 22.2. The Bertz CT molecular complexity index is 1460. The lowest BCUT2D eigenvalue weighted by Gasteiger charge is -2.33. The van der Waals surface area contributed by atoms with E-state index in [0.717, 1.165) is 72.0 Å². The fourth-order valence-electron chi connectivity index (χ4n) is 6.18. The molecule has 0 saturated heterocycles. The first kappa shape index (κ1) is 25.2. The lowest BCUT2D eigenvalue weighted by molar-refractivity contribution is 0.0655. The van der Waals surface area contributed by atoms with Gasteiger partial charge in [-0.3, -0.25) is 9.59 Å². The van der Waals surface area contributed by atoms with E-state index in [1.807, 2.05) is 60.7 Å². The largest absolute Gasteiger partial charge is 0.468 e. The molecule has 0 bridgehead atoms. The van der Waals surface area contributed by atoms with E-state index in [4.69, 9.17) is 8.83 Å². The summed E-state index contributed by atoms with van der Waals surface area (Å²) < 4.78 is 11.9. The summed E-state index contributed by atoms with van der Waals surface area (Å²) in [5.74, 6) is 0.544. The highest BCUT2D eigenvalue weighted by Crippen LogP contribution is 2.42. The molecule has 1 aliphatic carbocycles. The number of furan rings is 2. The third-order valence-corrected chi connectivity index (χ3v) is 8.06. The van der Waals surface area contributed by atoms with Crippen molar-refractivity contribution >= 4 is 22.6 Å². The Kier molecular flexibility index (Phi) is 7.06. The van der Waals surface area contributed by atoms with Crippen molar-refractivity contribution < 1.29 is 18.4 Å². The molecule has 2 amide bonds. The molecule has 0 saturated carbocycles. The summed E-state index contributed by atoms with van der Waals surface area (Å²) in [6.45, 7) is 4.41. The van der Waals surface area contributed by atoms with Gasteiger partial charge in [-0.15, -0.1) is 0 Å². The zero-order valence-electron chi connectivity index (χ0n) is 22.2. The minimum absolute atomic E-state index is 0.283. The summed E-state index contributed by atoms with van der Waals surface area (Å²) in [5, 5.41) is 1.63. The van der Waals surface area contributed by atoms with E-state index in [0.29, 0.717) is 23.2 Å². The minimum atomic E-state index is -0.352. The van der Waals surface area contributed by atoms with Gasteiger partial charge in [0.05, 0.1) is 18.4 Å². The third kappa shape index (κ3) is 4.78. The maximum Gasteiger partial charge on any atom is 0.265 e. The van der Waals surface area contributed by atoms with Gasteiger partial charge in [0.25, 0.3) is 11.8 Å². The maximum atomic E-state index is 14.2. The molecular formula is C34H33NO4. The normalized spacial score (nSPS) is 19.4. The molecule has 0 atom stereocenters. The van der Waals surface area contributed by atoms with Crippen molar-refractivity contribution in [3.63, 3.8) is 0 Å². The van der Waals surface area contributed by atoms with Crippen LogP contribution < -0.4 is 0 Å². The fraction of sp³-hybridized carbons (Fsp3) is 0.294. The van der Waals surface area contributed by atoms with Crippen molar-refractivity contribution in [2.45, 2.75) is 63.7 Å². The minimum Gasteiger partial charge on any atom is -0.468 e. The van der Waals surface area contributed by atoms with Crippen LogP contribution in [0.25, 0.3) is 10.8 Å². The summed E-state index contributed by atoms with van der Waals surface area (Å²) in [7, 11) is 0. The number of hydrogen-bond acceptors (Lipinski definition) is 4. The summed E-state index contributed by atoms with van der Waals surface area (Å²) in [4.78, 5) is 29.9. The van der Waals surface area contributed by atoms with E-state index >= 15 is 0 Å². The van der Waals surface area contributed by atoms with E-state index in [1.165, 1.54) is 17.7 Å². The van der Waals surface area contributed by atoms with Gasteiger partial charge in [-0.2, -0.15) is 0 Å². The van der Waals surface area contributed by atoms with Crippen LogP contribution >= 0.6 is 0 Å². The molecule has 2 aromatic carbocycles. The van der Waals surface area contributed by atoms with E-state index in [9.17, 15) is 9.59 Å². The SMILES string of the molecule is C=C1CCCCCCCC/C(C(c2ccco2)c2ccco2)=C(/N2C(=O)c3cccc4cccc(c34)C2=O)C1. The lowest BCUT2D eigenvalue weighted by Crippen LogP contribution is -2.40. The predicted molar refractivity (Wildman–Crippen MR) is 151 cm³/mol.